The van der Waals surface area contributed by atoms with E-state index in [-0.39, 0.29) is 24.9 Å². The molecule has 0 fully saturated rings. The van der Waals surface area contributed by atoms with Gasteiger partial charge in [0.05, 0.1) is 13.7 Å². The molecule has 0 aliphatic heterocycles. The first-order valence-electron chi connectivity index (χ1n) is 4.49. The van der Waals surface area contributed by atoms with Crippen LogP contribution < -0.4 is 4.74 Å². The van der Waals surface area contributed by atoms with Crippen molar-refractivity contribution in [3.8, 4) is 5.88 Å². The predicted octanol–water partition coefficient (Wildman–Crippen LogP) is 0.403. The Labute approximate surface area is 91.3 Å². The molecule has 0 radical (unpaired) electrons. The fourth-order valence-electron chi connectivity index (χ4n) is 0.897. The Morgan fingerprint density at radius 3 is 2.88 bits per heavy atom. The van der Waals surface area contributed by atoms with Gasteiger partial charge in [-0.25, -0.2) is 9.59 Å². The van der Waals surface area contributed by atoms with Crippen LogP contribution in [0.4, 0.5) is 0 Å². The monoisotopic (exact) mass is 229 g/mol. The third-order valence-corrected chi connectivity index (χ3v) is 1.54. The van der Waals surface area contributed by atoms with Crippen LogP contribution in [0.3, 0.4) is 0 Å². The maximum Gasteiger partial charge on any atom is 0.379 e. The highest BCUT2D eigenvalue weighted by Gasteiger charge is 2.19. The van der Waals surface area contributed by atoms with E-state index in [1.807, 2.05) is 0 Å². The average molecular weight is 229 g/mol. The van der Waals surface area contributed by atoms with Crippen molar-refractivity contribution in [2.45, 2.75) is 6.92 Å². The maximum atomic E-state index is 11.1. The number of hydrogen-bond donors (Lipinski definition) is 0. The molecule has 7 nitrogen and oxygen atoms in total. The average Bonchev–Trinajstić information content (AvgIpc) is 2.74. The fraction of sp³-hybridized carbons (Fsp3) is 0.444. The van der Waals surface area contributed by atoms with E-state index in [2.05, 4.69) is 14.5 Å². The predicted molar refractivity (Wildman–Crippen MR) is 50.0 cm³/mol. The Morgan fingerprint density at radius 2 is 2.25 bits per heavy atom. The summed E-state index contributed by atoms with van der Waals surface area (Å²) >= 11 is 0. The number of ether oxygens (including phenoxy) is 3. The number of hydrogen-bond acceptors (Lipinski definition) is 7. The zero-order valence-electron chi connectivity index (χ0n) is 8.89. The highest BCUT2D eigenvalue weighted by atomic mass is 16.6. The van der Waals surface area contributed by atoms with Crippen molar-refractivity contribution in [3.05, 3.63) is 12.2 Å². The SMILES string of the molecule is CCOC(=O)COc1ncoc1C(=O)OC. The largest absolute Gasteiger partial charge is 0.463 e. The summed E-state index contributed by atoms with van der Waals surface area (Å²) in [6.45, 7) is 1.59. The standard InChI is InChI=1S/C9H11NO6/c1-3-14-6(11)4-15-8-7(9(12)13-2)16-5-10-8/h5H,3-4H2,1-2H3. The lowest BCUT2D eigenvalue weighted by molar-refractivity contribution is -0.145. The molecule has 1 heterocycles. The summed E-state index contributed by atoms with van der Waals surface area (Å²) in [5.41, 5.74) is 0. The van der Waals surface area contributed by atoms with Gasteiger partial charge in [0.15, 0.2) is 13.0 Å². The van der Waals surface area contributed by atoms with Gasteiger partial charge in [-0.3, -0.25) is 0 Å². The summed E-state index contributed by atoms with van der Waals surface area (Å²) in [5.74, 6) is -1.57. The van der Waals surface area contributed by atoms with Crippen LogP contribution in [0.15, 0.2) is 10.8 Å². The van der Waals surface area contributed by atoms with Crippen molar-refractivity contribution < 1.29 is 28.2 Å². The zero-order chi connectivity index (χ0) is 12.0. The van der Waals surface area contributed by atoms with E-state index < -0.39 is 11.9 Å². The molecule has 0 aliphatic carbocycles. The van der Waals surface area contributed by atoms with Gasteiger partial charge >= 0.3 is 11.9 Å². The zero-order valence-corrected chi connectivity index (χ0v) is 8.89. The van der Waals surface area contributed by atoms with E-state index in [0.717, 1.165) is 6.39 Å². The number of aromatic nitrogens is 1. The van der Waals surface area contributed by atoms with Crippen LogP contribution in [-0.2, 0) is 14.3 Å². The summed E-state index contributed by atoms with van der Waals surface area (Å²) < 4.78 is 18.7. The van der Waals surface area contributed by atoms with Crippen LogP contribution in [-0.4, -0.2) is 37.2 Å². The molecule has 1 aromatic rings. The molecular weight excluding hydrogens is 218 g/mol. The number of nitrogens with zero attached hydrogens (tertiary/aromatic N) is 1. The Bertz CT molecular complexity index is 372. The summed E-state index contributed by atoms with van der Waals surface area (Å²) in [6.07, 6.45) is 1.02. The Balaban J connectivity index is 2.57. The minimum atomic E-state index is -0.726. The molecule has 1 rings (SSSR count). The minimum Gasteiger partial charge on any atom is -0.463 e. The van der Waals surface area contributed by atoms with Gasteiger partial charge in [-0.15, -0.1) is 0 Å². The molecule has 0 aliphatic rings. The molecule has 0 aromatic carbocycles. The van der Waals surface area contributed by atoms with Gasteiger partial charge in [-0.2, -0.15) is 4.98 Å². The number of rotatable bonds is 5. The van der Waals surface area contributed by atoms with Crippen LogP contribution in [0.5, 0.6) is 5.88 Å². The van der Waals surface area contributed by atoms with Gasteiger partial charge in [0, 0.05) is 0 Å². The number of carbonyl (C=O) groups is 2. The lowest BCUT2D eigenvalue weighted by Crippen LogP contribution is -2.16. The van der Waals surface area contributed by atoms with E-state index in [9.17, 15) is 9.59 Å². The second-order valence-electron chi connectivity index (χ2n) is 2.57. The number of carbonyl (C=O) groups excluding carboxylic acids is 2. The minimum absolute atomic E-state index is 0.0973. The molecular formula is C9H11NO6. The van der Waals surface area contributed by atoms with Crippen molar-refractivity contribution in [2.75, 3.05) is 20.3 Å². The fourth-order valence-corrected chi connectivity index (χ4v) is 0.897. The van der Waals surface area contributed by atoms with Crippen LogP contribution in [0.25, 0.3) is 0 Å². The quantitative estimate of drug-likeness (QED) is 0.675. The lowest BCUT2D eigenvalue weighted by Gasteiger charge is -2.03. The second-order valence-corrected chi connectivity index (χ2v) is 2.57. The lowest BCUT2D eigenvalue weighted by atomic mass is 10.5. The summed E-state index contributed by atoms with van der Waals surface area (Å²) in [5, 5.41) is 0. The van der Waals surface area contributed by atoms with Crippen LogP contribution in [0.1, 0.15) is 17.5 Å². The smallest absolute Gasteiger partial charge is 0.379 e. The summed E-state index contributed by atoms with van der Waals surface area (Å²) in [4.78, 5) is 25.7. The molecule has 0 saturated carbocycles. The molecule has 0 unspecified atom stereocenters. The molecule has 16 heavy (non-hydrogen) atoms. The van der Waals surface area contributed by atoms with Crippen molar-refractivity contribution in [1.29, 1.82) is 0 Å². The molecule has 0 N–H and O–H groups in total. The molecule has 88 valence electrons. The topological polar surface area (TPSA) is 87.9 Å². The molecule has 1 aromatic heterocycles. The molecule has 0 bridgehead atoms. The van der Waals surface area contributed by atoms with Crippen molar-refractivity contribution >= 4 is 11.9 Å². The van der Waals surface area contributed by atoms with Crippen molar-refractivity contribution in [2.24, 2.45) is 0 Å². The van der Waals surface area contributed by atoms with Crippen LogP contribution in [0, 0.1) is 0 Å². The van der Waals surface area contributed by atoms with E-state index in [1.165, 1.54) is 7.11 Å². The molecule has 0 saturated heterocycles. The van der Waals surface area contributed by atoms with Crippen molar-refractivity contribution in [3.63, 3.8) is 0 Å². The summed E-state index contributed by atoms with van der Waals surface area (Å²) in [6, 6.07) is 0. The summed E-state index contributed by atoms with van der Waals surface area (Å²) in [7, 11) is 1.19. The first-order chi connectivity index (χ1) is 7.69. The van der Waals surface area contributed by atoms with Gasteiger partial charge in [-0.05, 0) is 6.92 Å². The first kappa shape index (κ1) is 12.0. The molecule has 0 spiro atoms. The molecule has 0 amide bonds. The number of oxazole rings is 1. The normalized spacial score (nSPS) is 9.62. The van der Waals surface area contributed by atoms with Crippen LogP contribution in [0.2, 0.25) is 0 Å². The highest BCUT2D eigenvalue weighted by Crippen LogP contribution is 2.16. The molecule has 0 atom stereocenters. The van der Waals surface area contributed by atoms with Crippen LogP contribution >= 0.6 is 0 Å². The first-order valence-corrected chi connectivity index (χ1v) is 4.49. The number of methoxy groups -OCH3 is 1. The van der Waals surface area contributed by atoms with Gasteiger partial charge in [0.2, 0.25) is 0 Å². The highest BCUT2D eigenvalue weighted by molar-refractivity contribution is 5.88. The van der Waals surface area contributed by atoms with E-state index >= 15 is 0 Å². The van der Waals surface area contributed by atoms with Gasteiger partial charge in [0.25, 0.3) is 11.6 Å². The van der Waals surface area contributed by atoms with E-state index in [1.54, 1.807) is 6.92 Å². The van der Waals surface area contributed by atoms with Gasteiger partial charge in [-0.1, -0.05) is 0 Å². The van der Waals surface area contributed by atoms with Gasteiger partial charge in [0.1, 0.15) is 0 Å². The van der Waals surface area contributed by atoms with Gasteiger partial charge < -0.3 is 18.6 Å². The van der Waals surface area contributed by atoms with Crippen molar-refractivity contribution in [1.82, 2.24) is 4.98 Å². The number of esters is 2. The molecule has 7 heteroatoms. The third-order valence-electron chi connectivity index (χ3n) is 1.54. The Kier molecular flexibility index (Phi) is 4.31. The third kappa shape index (κ3) is 2.97. The maximum absolute atomic E-state index is 11.1. The van der Waals surface area contributed by atoms with E-state index in [4.69, 9.17) is 9.15 Å². The van der Waals surface area contributed by atoms with E-state index in [0.29, 0.717) is 0 Å². The Hall–Kier alpha value is -2.05. The Morgan fingerprint density at radius 1 is 1.50 bits per heavy atom. The second kappa shape index (κ2) is 5.74.